The summed E-state index contributed by atoms with van der Waals surface area (Å²) in [6, 6.07) is 0.305. The van der Waals surface area contributed by atoms with Crippen molar-refractivity contribution in [2.24, 2.45) is 22.1 Å². The molecular weight excluding hydrogens is 226 g/mol. The molecule has 1 saturated heterocycles. The molecule has 0 aromatic rings. The molecule has 2 rings (SSSR count). The van der Waals surface area contributed by atoms with Gasteiger partial charge in [-0.05, 0) is 25.2 Å². The van der Waals surface area contributed by atoms with Crippen molar-refractivity contribution >= 4 is 5.96 Å². The lowest BCUT2D eigenvalue weighted by Crippen LogP contribution is -2.55. The number of hydrogen-bond acceptors (Lipinski definition) is 2. The zero-order valence-corrected chi connectivity index (χ0v) is 12.1. The topological polar surface area (TPSA) is 50.9 Å². The molecule has 3 unspecified atom stereocenters. The van der Waals surface area contributed by atoms with E-state index >= 15 is 0 Å². The van der Waals surface area contributed by atoms with Gasteiger partial charge < -0.3 is 15.4 Å². The summed E-state index contributed by atoms with van der Waals surface area (Å²) in [7, 11) is 1.78. The lowest BCUT2D eigenvalue weighted by molar-refractivity contribution is -0.0853. The Hall–Kier alpha value is -0.770. The number of likely N-dealkylation sites (tertiary alicyclic amines) is 1. The average Bonchev–Trinajstić information content (AvgIpc) is 2.33. The fourth-order valence-electron chi connectivity index (χ4n) is 3.12. The van der Waals surface area contributed by atoms with Crippen molar-refractivity contribution in [2.45, 2.75) is 52.2 Å². The molecule has 1 heterocycles. The van der Waals surface area contributed by atoms with E-state index in [0.29, 0.717) is 12.1 Å². The molecule has 0 amide bonds. The predicted molar refractivity (Wildman–Crippen MR) is 74.6 cm³/mol. The third kappa shape index (κ3) is 2.48. The van der Waals surface area contributed by atoms with Crippen molar-refractivity contribution in [1.82, 2.24) is 4.90 Å². The Balaban J connectivity index is 1.97. The van der Waals surface area contributed by atoms with Crippen LogP contribution in [0.25, 0.3) is 0 Å². The van der Waals surface area contributed by atoms with Crippen LogP contribution in [0, 0.1) is 11.3 Å². The van der Waals surface area contributed by atoms with Crippen LogP contribution in [0.1, 0.15) is 40.0 Å². The van der Waals surface area contributed by atoms with E-state index in [-0.39, 0.29) is 5.41 Å². The Morgan fingerprint density at radius 1 is 1.44 bits per heavy atom. The largest absolute Gasteiger partial charge is 0.381 e. The van der Waals surface area contributed by atoms with Crippen molar-refractivity contribution in [3.63, 3.8) is 0 Å². The summed E-state index contributed by atoms with van der Waals surface area (Å²) in [6.45, 7) is 8.82. The fraction of sp³-hybridized carbons (Fsp3) is 0.929. The Morgan fingerprint density at radius 2 is 2.17 bits per heavy atom. The first-order valence-corrected chi connectivity index (χ1v) is 7.06. The molecule has 1 aliphatic carbocycles. The van der Waals surface area contributed by atoms with Crippen molar-refractivity contribution in [1.29, 1.82) is 0 Å². The number of nitrogens with zero attached hydrogens (tertiary/aromatic N) is 2. The van der Waals surface area contributed by atoms with Crippen LogP contribution >= 0.6 is 0 Å². The minimum Gasteiger partial charge on any atom is -0.381 e. The second kappa shape index (κ2) is 5.08. The molecule has 0 spiro atoms. The maximum atomic E-state index is 6.16. The molecule has 2 N–H and O–H groups in total. The van der Waals surface area contributed by atoms with E-state index in [1.165, 1.54) is 12.8 Å². The molecule has 2 fully saturated rings. The van der Waals surface area contributed by atoms with Gasteiger partial charge in [-0.1, -0.05) is 20.8 Å². The normalized spacial score (nSPS) is 36.3. The van der Waals surface area contributed by atoms with E-state index in [1.54, 1.807) is 7.11 Å². The Kier molecular flexibility index (Phi) is 3.85. The van der Waals surface area contributed by atoms with Crippen molar-refractivity contribution in [3.05, 3.63) is 0 Å². The summed E-state index contributed by atoms with van der Waals surface area (Å²) in [5, 5.41) is 0. The van der Waals surface area contributed by atoms with Crippen LogP contribution in [0.3, 0.4) is 0 Å². The maximum absolute atomic E-state index is 6.16. The SMILES string of the molecule is COC1CC(N=C(N)N2CCCC(C)C2)C1(C)C. The van der Waals surface area contributed by atoms with Crippen LogP contribution in [0.4, 0.5) is 0 Å². The minimum atomic E-state index is 0.112. The molecule has 4 nitrogen and oxygen atoms in total. The second-order valence-electron chi connectivity index (χ2n) is 6.48. The van der Waals surface area contributed by atoms with Gasteiger partial charge in [0, 0.05) is 25.6 Å². The Morgan fingerprint density at radius 3 is 2.72 bits per heavy atom. The molecule has 0 bridgehead atoms. The van der Waals surface area contributed by atoms with Crippen molar-refractivity contribution in [2.75, 3.05) is 20.2 Å². The number of aliphatic imine (C=N–C) groups is 1. The van der Waals surface area contributed by atoms with Gasteiger partial charge in [0.05, 0.1) is 12.1 Å². The van der Waals surface area contributed by atoms with Crippen LogP contribution in [-0.2, 0) is 4.74 Å². The smallest absolute Gasteiger partial charge is 0.191 e. The lowest BCUT2D eigenvalue weighted by Gasteiger charge is -2.49. The Bertz CT molecular complexity index is 327. The first kappa shape index (κ1) is 13.7. The highest BCUT2D eigenvalue weighted by molar-refractivity contribution is 5.78. The van der Waals surface area contributed by atoms with Gasteiger partial charge in [-0.15, -0.1) is 0 Å². The van der Waals surface area contributed by atoms with Gasteiger partial charge in [-0.3, -0.25) is 0 Å². The van der Waals surface area contributed by atoms with E-state index in [4.69, 9.17) is 15.5 Å². The van der Waals surface area contributed by atoms with Crippen molar-refractivity contribution in [3.8, 4) is 0 Å². The summed E-state index contributed by atoms with van der Waals surface area (Å²) in [6.07, 6.45) is 3.85. The van der Waals surface area contributed by atoms with E-state index < -0.39 is 0 Å². The second-order valence-corrected chi connectivity index (χ2v) is 6.48. The van der Waals surface area contributed by atoms with Gasteiger partial charge in [0.25, 0.3) is 0 Å². The number of guanidine groups is 1. The first-order chi connectivity index (χ1) is 8.45. The number of nitrogens with two attached hydrogens (primary N) is 1. The quantitative estimate of drug-likeness (QED) is 0.603. The summed E-state index contributed by atoms with van der Waals surface area (Å²) >= 11 is 0. The highest BCUT2D eigenvalue weighted by atomic mass is 16.5. The van der Waals surface area contributed by atoms with E-state index in [9.17, 15) is 0 Å². The number of piperidine rings is 1. The van der Waals surface area contributed by atoms with Gasteiger partial charge >= 0.3 is 0 Å². The van der Waals surface area contributed by atoms with Gasteiger partial charge in [-0.2, -0.15) is 0 Å². The molecule has 104 valence electrons. The number of ether oxygens (including phenoxy) is 1. The first-order valence-electron chi connectivity index (χ1n) is 7.06. The molecule has 0 aromatic heterocycles. The zero-order valence-electron chi connectivity index (χ0n) is 12.1. The van der Waals surface area contributed by atoms with E-state index in [0.717, 1.165) is 31.4 Å². The summed E-state index contributed by atoms with van der Waals surface area (Å²) in [5.74, 6) is 1.46. The molecule has 18 heavy (non-hydrogen) atoms. The van der Waals surface area contributed by atoms with Crippen LogP contribution in [0.2, 0.25) is 0 Å². The van der Waals surface area contributed by atoms with Crippen LogP contribution in [0.15, 0.2) is 4.99 Å². The molecule has 2 aliphatic rings. The molecule has 4 heteroatoms. The molecule has 1 aliphatic heterocycles. The van der Waals surface area contributed by atoms with E-state index in [2.05, 4.69) is 25.7 Å². The molecule has 0 radical (unpaired) electrons. The third-order valence-electron chi connectivity index (χ3n) is 4.68. The summed E-state index contributed by atoms with van der Waals surface area (Å²) < 4.78 is 5.45. The minimum absolute atomic E-state index is 0.112. The molecule has 0 aromatic carbocycles. The van der Waals surface area contributed by atoms with Gasteiger partial charge in [0.2, 0.25) is 0 Å². The van der Waals surface area contributed by atoms with Gasteiger partial charge in [-0.25, -0.2) is 4.99 Å². The monoisotopic (exact) mass is 253 g/mol. The molecule has 1 saturated carbocycles. The zero-order chi connectivity index (χ0) is 13.3. The standard InChI is InChI=1S/C14H27N3O/c1-10-6-5-7-17(9-10)13(15)16-11-8-12(18-4)14(11,2)3/h10-12H,5-9H2,1-4H3,(H2,15,16). The summed E-state index contributed by atoms with van der Waals surface area (Å²) in [4.78, 5) is 6.97. The van der Waals surface area contributed by atoms with Crippen LogP contribution < -0.4 is 5.73 Å². The van der Waals surface area contributed by atoms with Crippen LogP contribution in [-0.4, -0.2) is 43.2 Å². The predicted octanol–water partition coefficient (Wildman–Crippen LogP) is 1.85. The van der Waals surface area contributed by atoms with Crippen molar-refractivity contribution < 1.29 is 4.74 Å². The molecular formula is C14H27N3O. The number of hydrogen-bond donors (Lipinski definition) is 1. The van der Waals surface area contributed by atoms with Gasteiger partial charge in [0.1, 0.15) is 0 Å². The summed E-state index contributed by atoms with van der Waals surface area (Å²) in [5.41, 5.74) is 6.28. The number of methoxy groups -OCH3 is 1. The fourth-order valence-corrected chi connectivity index (χ4v) is 3.12. The highest BCUT2D eigenvalue weighted by Gasteiger charge is 2.49. The third-order valence-corrected chi connectivity index (χ3v) is 4.68. The van der Waals surface area contributed by atoms with Gasteiger partial charge in [0.15, 0.2) is 5.96 Å². The highest BCUT2D eigenvalue weighted by Crippen LogP contribution is 2.44. The lowest BCUT2D eigenvalue weighted by atomic mass is 9.65. The molecule has 3 atom stereocenters. The van der Waals surface area contributed by atoms with Crippen LogP contribution in [0.5, 0.6) is 0 Å². The number of rotatable bonds is 2. The maximum Gasteiger partial charge on any atom is 0.191 e. The average molecular weight is 253 g/mol. The van der Waals surface area contributed by atoms with E-state index in [1.807, 2.05) is 0 Å². The Labute approximate surface area is 111 Å².